The van der Waals surface area contributed by atoms with Crippen LogP contribution in [0.3, 0.4) is 0 Å². The van der Waals surface area contributed by atoms with E-state index < -0.39 is 11.6 Å². The molecule has 1 aromatic rings. The lowest BCUT2D eigenvalue weighted by molar-refractivity contribution is -0.130. The maximum Gasteiger partial charge on any atom is 0.410 e. The third-order valence-electron chi connectivity index (χ3n) is 6.36. The molecular formula is C27H37N3O6. The highest BCUT2D eigenvalue weighted by Gasteiger charge is 2.29. The Morgan fingerprint density at radius 1 is 1.03 bits per heavy atom. The Balaban J connectivity index is 1.48. The van der Waals surface area contributed by atoms with Gasteiger partial charge in [0.15, 0.2) is 0 Å². The van der Waals surface area contributed by atoms with Crippen LogP contribution in [0.15, 0.2) is 36.4 Å². The molecule has 36 heavy (non-hydrogen) atoms. The van der Waals surface area contributed by atoms with Gasteiger partial charge in [0.2, 0.25) is 11.8 Å². The second kappa shape index (κ2) is 12.1. The van der Waals surface area contributed by atoms with Gasteiger partial charge >= 0.3 is 12.1 Å². The van der Waals surface area contributed by atoms with Crippen molar-refractivity contribution in [2.45, 2.75) is 52.1 Å². The molecule has 0 radical (unpaired) electrons. The van der Waals surface area contributed by atoms with Gasteiger partial charge < -0.3 is 24.6 Å². The summed E-state index contributed by atoms with van der Waals surface area (Å²) in [5, 5.41) is 2.86. The summed E-state index contributed by atoms with van der Waals surface area (Å²) in [5.41, 5.74) is 0.359. The van der Waals surface area contributed by atoms with Crippen LogP contribution in [-0.2, 0) is 19.1 Å². The first-order chi connectivity index (χ1) is 17.1. The van der Waals surface area contributed by atoms with Crippen LogP contribution in [0.2, 0.25) is 0 Å². The molecule has 1 aromatic carbocycles. The van der Waals surface area contributed by atoms with E-state index in [0.717, 1.165) is 19.3 Å². The Morgan fingerprint density at radius 2 is 1.75 bits per heavy atom. The van der Waals surface area contributed by atoms with Crippen molar-refractivity contribution in [3.8, 4) is 0 Å². The van der Waals surface area contributed by atoms with Crippen LogP contribution >= 0.6 is 0 Å². The average Bonchev–Trinajstić information content (AvgIpc) is 2.86. The van der Waals surface area contributed by atoms with E-state index in [-0.39, 0.29) is 29.7 Å². The quantitative estimate of drug-likeness (QED) is 0.487. The number of hydrogen-bond acceptors (Lipinski definition) is 6. The third kappa shape index (κ3) is 7.83. The molecule has 0 unspecified atom stereocenters. The molecule has 0 aliphatic carbocycles. The number of anilines is 1. The summed E-state index contributed by atoms with van der Waals surface area (Å²) >= 11 is 0. The Kier molecular flexibility index (Phi) is 9.12. The van der Waals surface area contributed by atoms with Gasteiger partial charge in [-0.05, 0) is 76.6 Å². The Bertz CT molecular complexity index is 991. The fourth-order valence-corrected chi connectivity index (χ4v) is 4.40. The van der Waals surface area contributed by atoms with Crippen LogP contribution in [0.5, 0.6) is 0 Å². The van der Waals surface area contributed by atoms with Gasteiger partial charge in [-0.3, -0.25) is 9.59 Å². The van der Waals surface area contributed by atoms with Crippen LogP contribution < -0.4 is 5.32 Å². The molecule has 9 nitrogen and oxygen atoms in total. The number of carbonyl (C=O) groups excluding carboxylic acids is 4. The molecule has 0 saturated carbocycles. The van der Waals surface area contributed by atoms with Crippen molar-refractivity contribution in [2.24, 2.45) is 11.8 Å². The molecule has 2 fully saturated rings. The maximum atomic E-state index is 12.8. The first-order valence-corrected chi connectivity index (χ1v) is 12.5. The van der Waals surface area contributed by atoms with E-state index >= 15 is 0 Å². The number of nitrogens with zero attached hydrogens (tertiary/aromatic N) is 2. The van der Waals surface area contributed by atoms with Gasteiger partial charge in [0, 0.05) is 31.9 Å². The summed E-state index contributed by atoms with van der Waals surface area (Å²) in [6.07, 6.45) is 6.23. The largest absolute Gasteiger partial charge is 0.465 e. The first kappa shape index (κ1) is 27.2. The smallest absolute Gasteiger partial charge is 0.410 e. The first-order valence-electron chi connectivity index (χ1n) is 12.5. The second-order valence-corrected chi connectivity index (χ2v) is 10.3. The third-order valence-corrected chi connectivity index (χ3v) is 6.36. The monoisotopic (exact) mass is 499 g/mol. The average molecular weight is 500 g/mol. The van der Waals surface area contributed by atoms with Gasteiger partial charge in [0.1, 0.15) is 5.60 Å². The number of piperidine rings is 2. The van der Waals surface area contributed by atoms with Crippen LogP contribution in [-0.4, -0.2) is 72.6 Å². The van der Waals surface area contributed by atoms with Crippen molar-refractivity contribution in [1.82, 2.24) is 9.80 Å². The fraction of sp³-hybridized carbons (Fsp3) is 0.556. The number of methoxy groups -OCH3 is 1. The molecule has 2 saturated heterocycles. The molecule has 3 amide bonds. The van der Waals surface area contributed by atoms with Gasteiger partial charge in [0.05, 0.1) is 18.6 Å². The molecule has 2 aliphatic heterocycles. The molecule has 2 heterocycles. The minimum Gasteiger partial charge on any atom is -0.465 e. The molecule has 0 bridgehead atoms. The summed E-state index contributed by atoms with van der Waals surface area (Å²) in [5.74, 6) is -0.848. The van der Waals surface area contributed by atoms with E-state index in [1.165, 1.54) is 7.11 Å². The molecule has 0 spiro atoms. The zero-order chi connectivity index (χ0) is 26.3. The molecule has 1 N–H and O–H groups in total. The SMILES string of the molecule is COC(=O)c1cccc(NC(=O)[C@@H]2CCCN(C(=O)/C=C/C3CCN(C(=O)OC(C)(C)C)CC3)C2)c1. The van der Waals surface area contributed by atoms with Gasteiger partial charge in [-0.2, -0.15) is 0 Å². The standard InChI is InChI=1S/C27H37N3O6/c1-27(2,3)36-26(34)29-15-12-19(13-16-29)10-11-23(31)30-14-6-8-21(18-30)24(32)28-22-9-5-7-20(17-22)25(33)35-4/h5,7,9-11,17,19,21H,6,8,12-16,18H2,1-4H3,(H,28,32)/b11-10+/t21-/m1/s1. The normalized spacial score (nSPS) is 19.2. The summed E-state index contributed by atoms with van der Waals surface area (Å²) in [4.78, 5) is 53.0. The molecule has 0 aromatic heterocycles. The van der Waals surface area contributed by atoms with Crippen molar-refractivity contribution in [1.29, 1.82) is 0 Å². The minimum atomic E-state index is -0.517. The van der Waals surface area contributed by atoms with Gasteiger partial charge in [0.25, 0.3) is 0 Å². The van der Waals surface area contributed by atoms with Crippen molar-refractivity contribution >= 4 is 29.6 Å². The highest BCUT2D eigenvalue weighted by Crippen LogP contribution is 2.23. The molecular weight excluding hydrogens is 462 g/mol. The lowest BCUT2D eigenvalue weighted by Crippen LogP contribution is -2.43. The fourth-order valence-electron chi connectivity index (χ4n) is 4.40. The molecule has 2 aliphatic rings. The van der Waals surface area contributed by atoms with E-state index in [2.05, 4.69) is 5.32 Å². The number of rotatable bonds is 5. The van der Waals surface area contributed by atoms with Crippen LogP contribution in [0.25, 0.3) is 0 Å². The number of carbonyl (C=O) groups is 4. The second-order valence-electron chi connectivity index (χ2n) is 10.3. The van der Waals surface area contributed by atoms with Crippen molar-refractivity contribution in [2.75, 3.05) is 38.6 Å². The zero-order valence-electron chi connectivity index (χ0n) is 21.6. The number of benzene rings is 1. The zero-order valence-corrected chi connectivity index (χ0v) is 21.6. The molecule has 9 heteroatoms. The number of ether oxygens (including phenoxy) is 2. The van der Waals surface area contributed by atoms with Crippen LogP contribution in [0, 0.1) is 11.8 Å². The number of allylic oxidation sites excluding steroid dienone is 1. The number of hydrogen-bond donors (Lipinski definition) is 1. The lowest BCUT2D eigenvalue weighted by Gasteiger charge is -2.33. The van der Waals surface area contributed by atoms with Gasteiger partial charge in [-0.15, -0.1) is 0 Å². The van der Waals surface area contributed by atoms with Gasteiger partial charge in [-0.1, -0.05) is 12.1 Å². The summed E-state index contributed by atoms with van der Waals surface area (Å²) in [7, 11) is 1.31. The molecule has 196 valence electrons. The minimum absolute atomic E-state index is 0.102. The van der Waals surface area contributed by atoms with Crippen LogP contribution in [0.4, 0.5) is 10.5 Å². The predicted octanol–water partition coefficient (Wildman–Crippen LogP) is 3.85. The molecule has 1 atom stereocenters. The summed E-state index contributed by atoms with van der Waals surface area (Å²) < 4.78 is 10.2. The van der Waals surface area contributed by atoms with Crippen LogP contribution in [0.1, 0.15) is 56.8 Å². The summed E-state index contributed by atoms with van der Waals surface area (Å²) in [6.45, 7) is 7.71. The predicted molar refractivity (Wildman–Crippen MR) is 135 cm³/mol. The lowest BCUT2D eigenvalue weighted by atomic mass is 9.95. The Morgan fingerprint density at radius 3 is 2.42 bits per heavy atom. The van der Waals surface area contributed by atoms with E-state index in [1.54, 1.807) is 40.1 Å². The van der Waals surface area contributed by atoms with E-state index in [0.29, 0.717) is 43.9 Å². The van der Waals surface area contributed by atoms with E-state index in [4.69, 9.17) is 9.47 Å². The van der Waals surface area contributed by atoms with E-state index in [1.807, 2.05) is 26.8 Å². The highest BCUT2D eigenvalue weighted by atomic mass is 16.6. The maximum absolute atomic E-state index is 12.8. The van der Waals surface area contributed by atoms with E-state index in [9.17, 15) is 19.2 Å². The van der Waals surface area contributed by atoms with Crippen molar-refractivity contribution < 1.29 is 28.7 Å². The molecule has 3 rings (SSSR count). The number of nitrogens with one attached hydrogen (secondary N) is 1. The number of amides is 3. The Labute approximate surface area is 212 Å². The number of likely N-dealkylation sites (tertiary alicyclic amines) is 2. The van der Waals surface area contributed by atoms with Crippen molar-refractivity contribution in [3.63, 3.8) is 0 Å². The Hall–Kier alpha value is -3.36. The van der Waals surface area contributed by atoms with Crippen molar-refractivity contribution in [3.05, 3.63) is 42.0 Å². The van der Waals surface area contributed by atoms with Gasteiger partial charge in [-0.25, -0.2) is 9.59 Å². The topological polar surface area (TPSA) is 105 Å². The number of esters is 1. The highest BCUT2D eigenvalue weighted by molar-refractivity contribution is 5.96. The summed E-state index contributed by atoms with van der Waals surface area (Å²) in [6, 6.07) is 6.59.